The SMILES string of the molecule is O=C=NC#CC1CCCCC1. The van der Waals surface area contributed by atoms with Gasteiger partial charge in [0.05, 0.1) is 0 Å². The van der Waals surface area contributed by atoms with Crippen LogP contribution in [-0.2, 0) is 4.79 Å². The molecule has 0 heterocycles. The van der Waals surface area contributed by atoms with Crippen LogP contribution in [0.1, 0.15) is 32.1 Å². The lowest BCUT2D eigenvalue weighted by atomic mass is 9.90. The lowest BCUT2D eigenvalue weighted by Gasteiger charge is -2.14. The maximum absolute atomic E-state index is 9.65. The molecule has 0 aromatic carbocycles. The first-order valence-corrected chi connectivity index (χ1v) is 4.01. The molecule has 0 amide bonds. The van der Waals surface area contributed by atoms with E-state index in [0.29, 0.717) is 5.92 Å². The van der Waals surface area contributed by atoms with Gasteiger partial charge in [-0.25, -0.2) is 4.79 Å². The zero-order valence-corrected chi connectivity index (χ0v) is 6.47. The highest BCUT2D eigenvalue weighted by Crippen LogP contribution is 2.22. The molecular formula is C9H11NO. The third kappa shape index (κ3) is 3.02. The lowest BCUT2D eigenvalue weighted by Crippen LogP contribution is -2.02. The summed E-state index contributed by atoms with van der Waals surface area (Å²) >= 11 is 0. The zero-order valence-electron chi connectivity index (χ0n) is 6.47. The van der Waals surface area contributed by atoms with E-state index in [9.17, 15) is 4.79 Å². The van der Waals surface area contributed by atoms with Gasteiger partial charge in [-0.05, 0) is 12.8 Å². The maximum Gasteiger partial charge on any atom is 0.249 e. The molecule has 0 spiro atoms. The lowest BCUT2D eigenvalue weighted by molar-refractivity contribution is 0.430. The third-order valence-corrected chi connectivity index (χ3v) is 1.98. The van der Waals surface area contributed by atoms with Crippen LogP contribution in [0.3, 0.4) is 0 Å². The van der Waals surface area contributed by atoms with E-state index in [1.165, 1.54) is 38.2 Å². The molecule has 0 radical (unpaired) electrons. The average Bonchev–Trinajstić information content (AvgIpc) is 2.07. The topological polar surface area (TPSA) is 29.4 Å². The van der Waals surface area contributed by atoms with Crippen molar-refractivity contribution in [3.8, 4) is 12.0 Å². The molecular weight excluding hydrogens is 138 g/mol. The second kappa shape index (κ2) is 4.71. The van der Waals surface area contributed by atoms with Gasteiger partial charge < -0.3 is 0 Å². The summed E-state index contributed by atoms with van der Waals surface area (Å²) in [6.45, 7) is 0. The van der Waals surface area contributed by atoms with Crippen LogP contribution in [0.15, 0.2) is 4.99 Å². The van der Waals surface area contributed by atoms with Gasteiger partial charge in [0.2, 0.25) is 6.08 Å². The van der Waals surface area contributed by atoms with Gasteiger partial charge in [0.25, 0.3) is 0 Å². The van der Waals surface area contributed by atoms with Crippen molar-refractivity contribution in [2.45, 2.75) is 32.1 Å². The molecule has 0 aromatic heterocycles. The van der Waals surface area contributed by atoms with Crippen molar-refractivity contribution in [3.05, 3.63) is 0 Å². The Kier molecular flexibility index (Phi) is 3.44. The van der Waals surface area contributed by atoms with E-state index in [1.54, 1.807) is 0 Å². The number of carbonyl (C=O) groups excluding carboxylic acids is 1. The van der Waals surface area contributed by atoms with Crippen molar-refractivity contribution in [1.29, 1.82) is 0 Å². The molecule has 0 aromatic rings. The second-order valence-corrected chi connectivity index (χ2v) is 2.79. The second-order valence-electron chi connectivity index (χ2n) is 2.79. The molecule has 0 aliphatic heterocycles. The molecule has 0 bridgehead atoms. The Morgan fingerprint density at radius 1 is 1.18 bits per heavy atom. The van der Waals surface area contributed by atoms with Crippen molar-refractivity contribution >= 4 is 6.08 Å². The fraction of sp³-hybridized carbons (Fsp3) is 0.667. The fourth-order valence-electron chi connectivity index (χ4n) is 1.39. The molecule has 1 fully saturated rings. The van der Waals surface area contributed by atoms with E-state index in [4.69, 9.17) is 0 Å². The summed E-state index contributed by atoms with van der Waals surface area (Å²) in [6, 6.07) is 2.46. The summed E-state index contributed by atoms with van der Waals surface area (Å²) in [5, 5.41) is 0. The molecule has 2 heteroatoms. The number of rotatable bonds is 0. The standard InChI is InChI=1S/C9H11NO/c11-8-10-7-6-9-4-2-1-3-5-9/h9H,1-5H2. The van der Waals surface area contributed by atoms with Crippen LogP contribution in [0, 0.1) is 17.9 Å². The van der Waals surface area contributed by atoms with Gasteiger partial charge in [0, 0.05) is 12.0 Å². The average molecular weight is 149 g/mol. The summed E-state index contributed by atoms with van der Waals surface area (Å²) in [5.74, 6) is 3.42. The first kappa shape index (κ1) is 8.04. The maximum atomic E-state index is 9.65. The summed E-state index contributed by atoms with van der Waals surface area (Å²) in [5.41, 5.74) is 0. The third-order valence-electron chi connectivity index (χ3n) is 1.98. The highest BCUT2D eigenvalue weighted by atomic mass is 16.1. The van der Waals surface area contributed by atoms with E-state index >= 15 is 0 Å². The molecule has 11 heavy (non-hydrogen) atoms. The number of aliphatic imine (C=N–C) groups is 1. The van der Waals surface area contributed by atoms with E-state index in [0.717, 1.165) is 0 Å². The first-order valence-electron chi connectivity index (χ1n) is 4.01. The molecule has 1 aliphatic carbocycles. The molecule has 1 rings (SSSR count). The van der Waals surface area contributed by atoms with E-state index in [-0.39, 0.29) is 0 Å². The molecule has 58 valence electrons. The van der Waals surface area contributed by atoms with Gasteiger partial charge in [-0.1, -0.05) is 25.2 Å². The van der Waals surface area contributed by atoms with Gasteiger partial charge in [0.1, 0.15) is 0 Å². The summed E-state index contributed by atoms with van der Waals surface area (Å²) < 4.78 is 0. The minimum absolute atomic E-state index is 0.473. The number of nitrogens with zero attached hydrogens (tertiary/aromatic N) is 1. The van der Waals surface area contributed by atoms with Crippen molar-refractivity contribution in [2.24, 2.45) is 10.9 Å². The Hall–Kier alpha value is -1.06. The minimum atomic E-state index is 0.473. The molecule has 0 N–H and O–H groups in total. The Morgan fingerprint density at radius 2 is 1.91 bits per heavy atom. The Morgan fingerprint density at radius 3 is 2.55 bits per heavy atom. The minimum Gasteiger partial charge on any atom is -0.210 e. The van der Waals surface area contributed by atoms with Crippen LogP contribution in [0.25, 0.3) is 0 Å². The molecule has 0 saturated heterocycles. The molecule has 1 saturated carbocycles. The Bertz CT molecular complexity index is 211. The quantitative estimate of drug-likeness (QED) is 0.293. The fourth-order valence-corrected chi connectivity index (χ4v) is 1.39. The summed E-state index contributed by atoms with van der Waals surface area (Å²) in [4.78, 5) is 12.9. The summed E-state index contributed by atoms with van der Waals surface area (Å²) in [7, 11) is 0. The molecule has 0 atom stereocenters. The molecule has 2 nitrogen and oxygen atoms in total. The van der Waals surface area contributed by atoms with Gasteiger partial charge in [-0.3, -0.25) is 0 Å². The monoisotopic (exact) mass is 149 g/mol. The van der Waals surface area contributed by atoms with Gasteiger partial charge in [-0.2, -0.15) is 0 Å². The van der Waals surface area contributed by atoms with Gasteiger partial charge in [-0.15, -0.1) is 4.99 Å². The number of isocyanates is 1. The van der Waals surface area contributed by atoms with Crippen LogP contribution >= 0.6 is 0 Å². The zero-order chi connectivity index (χ0) is 7.94. The van der Waals surface area contributed by atoms with Crippen LogP contribution in [-0.4, -0.2) is 6.08 Å². The number of hydrogen-bond acceptors (Lipinski definition) is 2. The van der Waals surface area contributed by atoms with Gasteiger partial charge >= 0.3 is 0 Å². The number of hydrogen-bond donors (Lipinski definition) is 0. The normalized spacial score (nSPS) is 17.8. The van der Waals surface area contributed by atoms with Crippen LogP contribution in [0.5, 0.6) is 0 Å². The van der Waals surface area contributed by atoms with E-state index in [2.05, 4.69) is 17.0 Å². The highest BCUT2D eigenvalue weighted by Gasteiger charge is 2.09. The van der Waals surface area contributed by atoms with E-state index in [1.807, 2.05) is 0 Å². The van der Waals surface area contributed by atoms with Crippen molar-refractivity contribution in [1.82, 2.24) is 0 Å². The largest absolute Gasteiger partial charge is 0.249 e. The van der Waals surface area contributed by atoms with Crippen LogP contribution < -0.4 is 0 Å². The smallest absolute Gasteiger partial charge is 0.210 e. The predicted octanol–water partition coefficient (Wildman–Crippen LogP) is 1.86. The Labute approximate surface area is 66.7 Å². The summed E-state index contributed by atoms with van der Waals surface area (Å²) in [6.07, 6.45) is 7.61. The van der Waals surface area contributed by atoms with Crippen molar-refractivity contribution in [2.75, 3.05) is 0 Å². The van der Waals surface area contributed by atoms with Crippen molar-refractivity contribution < 1.29 is 4.79 Å². The highest BCUT2D eigenvalue weighted by molar-refractivity contribution is 5.36. The molecule has 0 unspecified atom stereocenters. The first-order chi connectivity index (χ1) is 5.43. The molecule has 1 aliphatic rings. The van der Waals surface area contributed by atoms with Gasteiger partial charge in [0.15, 0.2) is 0 Å². The van der Waals surface area contributed by atoms with Crippen LogP contribution in [0.4, 0.5) is 0 Å². The van der Waals surface area contributed by atoms with Crippen molar-refractivity contribution in [3.63, 3.8) is 0 Å². The van der Waals surface area contributed by atoms with Crippen LogP contribution in [0.2, 0.25) is 0 Å². The van der Waals surface area contributed by atoms with E-state index < -0.39 is 0 Å². The Balaban J connectivity index is 2.36. The predicted molar refractivity (Wildman–Crippen MR) is 42.5 cm³/mol.